The van der Waals surface area contributed by atoms with Crippen LogP contribution in [0.25, 0.3) is 0 Å². The number of benzene rings is 1. The maximum Gasteiger partial charge on any atom is 0.273 e. The summed E-state index contributed by atoms with van der Waals surface area (Å²) >= 11 is 0. The summed E-state index contributed by atoms with van der Waals surface area (Å²) in [6.07, 6.45) is 0.979. The Bertz CT molecular complexity index is 432. The molecule has 18 heavy (non-hydrogen) atoms. The lowest BCUT2D eigenvalue weighted by Crippen LogP contribution is -2.42. The van der Waals surface area contributed by atoms with Crippen molar-refractivity contribution in [1.82, 2.24) is 5.32 Å². The van der Waals surface area contributed by atoms with Crippen molar-refractivity contribution in [3.63, 3.8) is 0 Å². The van der Waals surface area contributed by atoms with Crippen molar-refractivity contribution >= 4 is 5.69 Å². The molecule has 0 unspecified atom stereocenters. The van der Waals surface area contributed by atoms with E-state index in [9.17, 15) is 10.1 Å². The Morgan fingerprint density at radius 1 is 1.44 bits per heavy atom. The molecule has 6 nitrogen and oxygen atoms in total. The van der Waals surface area contributed by atoms with Crippen molar-refractivity contribution in [1.29, 1.82) is 0 Å². The van der Waals surface area contributed by atoms with Gasteiger partial charge in [0.2, 0.25) is 0 Å². The lowest BCUT2D eigenvalue weighted by molar-refractivity contribution is -0.384. The first-order chi connectivity index (χ1) is 8.70. The summed E-state index contributed by atoms with van der Waals surface area (Å²) in [5.74, 6) is 1.63. The van der Waals surface area contributed by atoms with Gasteiger partial charge in [0, 0.05) is 6.07 Å². The van der Waals surface area contributed by atoms with Crippen molar-refractivity contribution in [2.24, 2.45) is 5.92 Å². The fourth-order valence-corrected chi connectivity index (χ4v) is 1.78. The van der Waals surface area contributed by atoms with Crippen LogP contribution < -0.4 is 14.8 Å². The SMILES string of the molecule is COc1cc([N+](=O)[O-])ccc1OCCC1CNC1. The largest absolute Gasteiger partial charge is 0.493 e. The molecule has 0 atom stereocenters. The van der Waals surface area contributed by atoms with Crippen molar-refractivity contribution in [2.75, 3.05) is 26.8 Å². The summed E-state index contributed by atoms with van der Waals surface area (Å²) in [5, 5.41) is 13.8. The number of hydrogen-bond acceptors (Lipinski definition) is 5. The molecule has 98 valence electrons. The van der Waals surface area contributed by atoms with Crippen LogP contribution in [0.3, 0.4) is 0 Å². The summed E-state index contributed by atoms with van der Waals surface area (Å²) in [5.41, 5.74) is 0.00222. The number of nitrogens with zero attached hydrogens (tertiary/aromatic N) is 1. The molecular weight excluding hydrogens is 236 g/mol. The van der Waals surface area contributed by atoms with Gasteiger partial charge in [-0.15, -0.1) is 0 Å². The smallest absolute Gasteiger partial charge is 0.273 e. The number of nitrogens with one attached hydrogen (secondary N) is 1. The molecule has 0 saturated carbocycles. The number of rotatable bonds is 6. The van der Waals surface area contributed by atoms with Crippen LogP contribution in [0.5, 0.6) is 11.5 Å². The van der Waals surface area contributed by atoms with E-state index in [4.69, 9.17) is 9.47 Å². The highest BCUT2D eigenvalue weighted by Gasteiger charge is 2.17. The van der Waals surface area contributed by atoms with E-state index in [1.54, 1.807) is 6.07 Å². The van der Waals surface area contributed by atoms with Gasteiger partial charge >= 0.3 is 0 Å². The van der Waals surface area contributed by atoms with Crippen molar-refractivity contribution in [3.05, 3.63) is 28.3 Å². The van der Waals surface area contributed by atoms with E-state index in [1.165, 1.54) is 19.2 Å². The molecule has 1 heterocycles. The minimum Gasteiger partial charge on any atom is -0.493 e. The number of hydrogen-bond donors (Lipinski definition) is 1. The highest BCUT2D eigenvalue weighted by atomic mass is 16.6. The third-order valence-corrected chi connectivity index (χ3v) is 3.01. The first kappa shape index (κ1) is 12.6. The summed E-state index contributed by atoms with van der Waals surface area (Å²) in [7, 11) is 1.47. The van der Waals surface area contributed by atoms with Crippen molar-refractivity contribution in [2.45, 2.75) is 6.42 Å². The van der Waals surface area contributed by atoms with Gasteiger partial charge in [0.25, 0.3) is 5.69 Å². The number of nitro benzene ring substituents is 1. The molecular formula is C12H16N2O4. The fraction of sp³-hybridized carbons (Fsp3) is 0.500. The predicted molar refractivity (Wildman–Crippen MR) is 66.1 cm³/mol. The Morgan fingerprint density at radius 2 is 2.22 bits per heavy atom. The second-order valence-corrected chi connectivity index (χ2v) is 4.25. The molecule has 1 saturated heterocycles. The quantitative estimate of drug-likeness (QED) is 0.614. The highest BCUT2D eigenvalue weighted by Crippen LogP contribution is 2.31. The molecule has 0 spiro atoms. The average molecular weight is 252 g/mol. The third-order valence-electron chi connectivity index (χ3n) is 3.01. The molecule has 1 aromatic rings. The molecule has 1 aliphatic heterocycles. The fourth-order valence-electron chi connectivity index (χ4n) is 1.78. The van der Waals surface area contributed by atoms with Crippen LogP contribution >= 0.6 is 0 Å². The zero-order valence-corrected chi connectivity index (χ0v) is 10.2. The van der Waals surface area contributed by atoms with Gasteiger partial charge in [-0.3, -0.25) is 10.1 Å². The highest BCUT2D eigenvalue weighted by molar-refractivity contribution is 5.48. The van der Waals surface area contributed by atoms with Crippen LogP contribution in [0.15, 0.2) is 18.2 Å². The molecule has 1 N–H and O–H groups in total. The minimum absolute atomic E-state index is 0.00222. The number of ether oxygens (including phenoxy) is 2. The Balaban J connectivity index is 1.95. The molecule has 0 aliphatic carbocycles. The maximum absolute atomic E-state index is 10.6. The van der Waals surface area contributed by atoms with Crippen LogP contribution in [-0.2, 0) is 0 Å². The Morgan fingerprint density at radius 3 is 2.78 bits per heavy atom. The Hall–Kier alpha value is -1.82. The van der Waals surface area contributed by atoms with Crippen LogP contribution in [0.2, 0.25) is 0 Å². The van der Waals surface area contributed by atoms with E-state index in [0.717, 1.165) is 19.5 Å². The summed E-state index contributed by atoms with van der Waals surface area (Å²) in [6.45, 7) is 2.68. The topological polar surface area (TPSA) is 73.6 Å². The normalized spacial score (nSPS) is 14.9. The van der Waals surface area contributed by atoms with Crippen LogP contribution in [0.1, 0.15) is 6.42 Å². The van der Waals surface area contributed by atoms with E-state index in [-0.39, 0.29) is 5.69 Å². The summed E-state index contributed by atoms with van der Waals surface area (Å²) in [6, 6.07) is 4.37. The van der Waals surface area contributed by atoms with Crippen LogP contribution in [0, 0.1) is 16.0 Å². The average Bonchev–Trinajstić information content (AvgIpc) is 2.32. The molecule has 1 aliphatic rings. The lowest BCUT2D eigenvalue weighted by atomic mass is 10.0. The lowest BCUT2D eigenvalue weighted by Gasteiger charge is -2.26. The molecule has 6 heteroatoms. The van der Waals surface area contributed by atoms with Gasteiger partial charge in [0.05, 0.1) is 24.7 Å². The molecule has 1 aromatic carbocycles. The molecule has 1 fully saturated rings. The standard InChI is InChI=1S/C12H16N2O4/c1-17-12-6-10(14(15)16)2-3-11(12)18-5-4-9-7-13-8-9/h2-3,6,9,13H,4-5,7-8H2,1H3. The van der Waals surface area contributed by atoms with Gasteiger partial charge in [-0.1, -0.05) is 0 Å². The molecule has 0 aromatic heterocycles. The van der Waals surface area contributed by atoms with E-state index < -0.39 is 4.92 Å². The van der Waals surface area contributed by atoms with Crippen LogP contribution in [0.4, 0.5) is 5.69 Å². The van der Waals surface area contributed by atoms with Crippen molar-refractivity contribution in [3.8, 4) is 11.5 Å². The number of methoxy groups -OCH3 is 1. The Labute approximate surface area is 105 Å². The van der Waals surface area contributed by atoms with E-state index in [2.05, 4.69) is 5.32 Å². The molecule has 2 rings (SSSR count). The van der Waals surface area contributed by atoms with Gasteiger partial charge in [0.15, 0.2) is 11.5 Å². The minimum atomic E-state index is -0.452. The first-order valence-electron chi connectivity index (χ1n) is 5.86. The second kappa shape index (κ2) is 5.68. The third kappa shape index (κ3) is 2.89. The first-order valence-corrected chi connectivity index (χ1v) is 5.86. The van der Waals surface area contributed by atoms with Gasteiger partial charge in [-0.25, -0.2) is 0 Å². The predicted octanol–water partition coefficient (Wildman–Crippen LogP) is 1.59. The summed E-state index contributed by atoms with van der Waals surface area (Å²) < 4.78 is 10.7. The van der Waals surface area contributed by atoms with Crippen molar-refractivity contribution < 1.29 is 14.4 Å². The van der Waals surface area contributed by atoms with Gasteiger partial charge in [-0.2, -0.15) is 0 Å². The van der Waals surface area contributed by atoms with E-state index in [1.807, 2.05) is 0 Å². The van der Waals surface area contributed by atoms with Gasteiger partial charge in [-0.05, 0) is 31.5 Å². The van der Waals surface area contributed by atoms with E-state index >= 15 is 0 Å². The number of non-ortho nitro benzene ring substituents is 1. The molecule has 0 radical (unpaired) electrons. The summed E-state index contributed by atoms with van der Waals surface area (Å²) in [4.78, 5) is 10.2. The second-order valence-electron chi connectivity index (χ2n) is 4.25. The maximum atomic E-state index is 10.6. The van der Waals surface area contributed by atoms with Crippen LogP contribution in [-0.4, -0.2) is 31.7 Å². The van der Waals surface area contributed by atoms with Gasteiger partial charge < -0.3 is 14.8 Å². The zero-order valence-electron chi connectivity index (χ0n) is 10.2. The molecule has 0 bridgehead atoms. The van der Waals surface area contributed by atoms with Gasteiger partial charge in [0.1, 0.15) is 0 Å². The Kier molecular flexibility index (Phi) is 3.99. The number of nitro groups is 1. The van der Waals surface area contributed by atoms with E-state index in [0.29, 0.717) is 24.0 Å². The zero-order chi connectivity index (χ0) is 13.0. The monoisotopic (exact) mass is 252 g/mol. The molecule has 0 amide bonds.